The molecule has 0 bridgehead atoms. The van der Waals surface area contributed by atoms with Crippen LogP contribution in [0.1, 0.15) is 5.56 Å². The summed E-state index contributed by atoms with van der Waals surface area (Å²) in [5.41, 5.74) is 2.44. The molecule has 7 heteroatoms. The number of hydrogen-bond donors (Lipinski definition) is 0. The lowest BCUT2D eigenvalue weighted by Crippen LogP contribution is -2.36. The molecule has 0 N–H and O–H groups in total. The molecule has 0 fully saturated rings. The van der Waals surface area contributed by atoms with Gasteiger partial charge in [-0.2, -0.15) is 0 Å². The number of benzene rings is 2. The molecule has 0 saturated heterocycles. The first-order chi connectivity index (χ1) is 13.9. The first-order valence-corrected chi connectivity index (χ1v) is 9.92. The van der Waals surface area contributed by atoms with Crippen LogP contribution < -0.4 is 11.2 Å². The van der Waals surface area contributed by atoms with Gasteiger partial charge in [0.25, 0.3) is 5.56 Å². The summed E-state index contributed by atoms with van der Waals surface area (Å²) in [4.78, 5) is 25.5. The first-order valence-electron chi connectivity index (χ1n) is 9.16. The van der Waals surface area contributed by atoms with E-state index in [-0.39, 0.29) is 11.2 Å². The van der Waals surface area contributed by atoms with Gasteiger partial charge in [-0.3, -0.25) is 13.9 Å². The fourth-order valence-corrected chi connectivity index (χ4v) is 4.13. The van der Waals surface area contributed by atoms with Crippen LogP contribution in [0.3, 0.4) is 0 Å². The Morgan fingerprint density at radius 3 is 2.34 bits per heavy atom. The van der Waals surface area contributed by atoms with Gasteiger partial charge in [0.1, 0.15) is 0 Å². The Bertz CT molecular complexity index is 1330. The van der Waals surface area contributed by atoms with Gasteiger partial charge < -0.3 is 4.57 Å². The molecule has 0 unspecified atom stereocenters. The van der Waals surface area contributed by atoms with Crippen molar-refractivity contribution in [1.29, 1.82) is 0 Å². The van der Waals surface area contributed by atoms with Crippen LogP contribution in [0.15, 0.2) is 64.3 Å². The first kappa shape index (κ1) is 19.6. The molecule has 0 radical (unpaired) electrons. The lowest BCUT2D eigenvalue weighted by Gasteiger charge is -2.12. The van der Waals surface area contributed by atoms with Crippen LogP contribution in [0.4, 0.5) is 0 Å². The summed E-state index contributed by atoms with van der Waals surface area (Å²) in [6, 6.07) is 15.3. The predicted molar refractivity (Wildman–Crippen MR) is 118 cm³/mol. The molecule has 0 saturated carbocycles. The monoisotopic (exact) mass is 427 g/mol. The van der Waals surface area contributed by atoms with Gasteiger partial charge in [-0.25, -0.2) is 4.79 Å². The van der Waals surface area contributed by atoms with Gasteiger partial charge in [0, 0.05) is 37.4 Å². The topological polar surface area (TPSA) is 48.9 Å². The van der Waals surface area contributed by atoms with Gasteiger partial charge in [0.15, 0.2) is 0 Å². The molecule has 0 aliphatic heterocycles. The zero-order chi connectivity index (χ0) is 20.7. The molecule has 0 amide bonds. The van der Waals surface area contributed by atoms with Gasteiger partial charge >= 0.3 is 5.69 Å². The lowest BCUT2D eigenvalue weighted by molar-refractivity contribution is 0.704. The summed E-state index contributed by atoms with van der Waals surface area (Å²) < 4.78 is 4.61. The van der Waals surface area contributed by atoms with E-state index in [2.05, 4.69) is 12.1 Å². The van der Waals surface area contributed by atoms with Crippen LogP contribution in [0.2, 0.25) is 10.0 Å². The standard InChI is InChI=1S/C22H19Cl2N3O2/c1-25-18-13-27(11-10-14-6-4-3-5-7-14)20(16-9-8-15(23)12-17(16)24)19(18)21(28)26(2)22(25)29/h3-9,12-13H,10-11H2,1-2H3. The van der Waals surface area contributed by atoms with Crippen LogP contribution in [-0.4, -0.2) is 13.7 Å². The van der Waals surface area contributed by atoms with Gasteiger partial charge in [-0.05, 0) is 30.2 Å². The number of aromatic nitrogens is 3. The van der Waals surface area contributed by atoms with E-state index in [9.17, 15) is 9.59 Å². The molecule has 148 valence electrons. The lowest BCUT2D eigenvalue weighted by atomic mass is 10.1. The molecule has 2 heterocycles. The molecule has 4 aromatic rings. The molecule has 0 aliphatic rings. The third kappa shape index (κ3) is 3.41. The van der Waals surface area contributed by atoms with Gasteiger partial charge in [0.2, 0.25) is 0 Å². The molecule has 29 heavy (non-hydrogen) atoms. The van der Waals surface area contributed by atoms with Crippen LogP contribution in [0.5, 0.6) is 0 Å². The molecule has 2 aromatic carbocycles. The van der Waals surface area contributed by atoms with Gasteiger partial charge in [-0.15, -0.1) is 0 Å². The molecule has 0 atom stereocenters. The highest BCUT2D eigenvalue weighted by atomic mass is 35.5. The zero-order valence-electron chi connectivity index (χ0n) is 16.0. The van der Waals surface area contributed by atoms with E-state index in [4.69, 9.17) is 23.2 Å². The third-order valence-corrected chi connectivity index (χ3v) is 5.73. The van der Waals surface area contributed by atoms with Gasteiger partial charge in [0.05, 0.1) is 21.6 Å². The van der Waals surface area contributed by atoms with Gasteiger partial charge in [-0.1, -0.05) is 53.5 Å². The maximum Gasteiger partial charge on any atom is 0.330 e. The van der Waals surface area contributed by atoms with Crippen molar-refractivity contribution in [2.45, 2.75) is 13.0 Å². The normalized spacial score (nSPS) is 11.3. The van der Waals surface area contributed by atoms with E-state index >= 15 is 0 Å². The number of nitrogens with zero attached hydrogens (tertiary/aromatic N) is 3. The quantitative estimate of drug-likeness (QED) is 0.488. The zero-order valence-corrected chi connectivity index (χ0v) is 17.5. The van der Waals surface area contributed by atoms with Crippen LogP contribution >= 0.6 is 23.2 Å². The summed E-state index contributed by atoms with van der Waals surface area (Å²) in [6.45, 7) is 0.629. The highest BCUT2D eigenvalue weighted by Crippen LogP contribution is 2.35. The number of aryl methyl sites for hydroxylation is 3. The summed E-state index contributed by atoms with van der Waals surface area (Å²) in [5.74, 6) is 0. The van der Waals surface area contributed by atoms with E-state index in [1.54, 1.807) is 19.2 Å². The van der Waals surface area contributed by atoms with E-state index in [1.807, 2.05) is 35.0 Å². The molecule has 5 nitrogen and oxygen atoms in total. The Kier molecular flexibility index (Phi) is 5.11. The van der Waals surface area contributed by atoms with Crippen molar-refractivity contribution in [3.8, 4) is 11.3 Å². The fraction of sp³-hybridized carbons (Fsp3) is 0.182. The summed E-state index contributed by atoms with van der Waals surface area (Å²) in [6.07, 6.45) is 2.62. The van der Waals surface area contributed by atoms with E-state index < -0.39 is 0 Å². The largest absolute Gasteiger partial charge is 0.344 e. The average molecular weight is 428 g/mol. The van der Waals surface area contributed by atoms with Crippen molar-refractivity contribution >= 4 is 34.1 Å². The van der Waals surface area contributed by atoms with Crippen molar-refractivity contribution in [2.75, 3.05) is 0 Å². The Hall–Kier alpha value is -2.76. The molecule has 0 spiro atoms. The smallest absolute Gasteiger partial charge is 0.330 e. The van der Waals surface area contributed by atoms with Crippen molar-refractivity contribution in [1.82, 2.24) is 13.7 Å². The summed E-state index contributed by atoms with van der Waals surface area (Å²) >= 11 is 12.6. The van der Waals surface area contributed by atoms with Crippen molar-refractivity contribution < 1.29 is 0 Å². The second-order valence-corrected chi connectivity index (χ2v) is 7.84. The molecule has 4 rings (SSSR count). The summed E-state index contributed by atoms with van der Waals surface area (Å²) in [7, 11) is 3.15. The molecular formula is C22H19Cl2N3O2. The van der Waals surface area contributed by atoms with Crippen LogP contribution in [0, 0.1) is 0 Å². The third-order valence-electron chi connectivity index (χ3n) is 5.18. The summed E-state index contributed by atoms with van der Waals surface area (Å²) in [5, 5.41) is 1.44. The molecular weight excluding hydrogens is 409 g/mol. The Labute approximate surface area is 177 Å². The number of fused-ring (bicyclic) bond motifs is 1. The Morgan fingerprint density at radius 1 is 0.931 bits per heavy atom. The maximum atomic E-state index is 13.0. The minimum absolute atomic E-state index is 0.345. The predicted octanol–water partition coefficient (Wildman–Crippen LogP) is 4.26. The van der Waals surface area contributed by atoms with Crippen molar-refractivity contribution in [3.05, 3.63) is 91.2 Å². The Balaban J connectivity index is 1.99. The maximum absolute atomic E-state index is 13.0. The second-order valence-electron chi connectivity index (χ2n) is 7.00. The highest BCUT2D eigenvalue weighted by molar-refractivity contribution is 6.36. The average Bonchev–Trinajstić information content (AvgIpc) is 3.09. The number of rotatable bonds is 4. The van der Waals surface area contributed by atoms with E-state index in [0.29, 0.717) is 38.8 Å². The van der Waals surface area contributed by atoms with Crippen LogP contribution in [-0.2, 0) is 27.1 Å². The second kappa shape index (κ2) is 7.58. The van der Waals surface area contributed by atoms with E-state index in [1.165, 1.54) is 17.2 Å². The minimum atomic E-state index is -0.364. The SMILES string of the molecule is Cn1c(=O)c2c(-c3ccc(Cl)cc3Cl)n(CCc3ccccc3)cc2n(C)c1=O. The Morgan fingerprint density at radius 2 is 1.66 bits per heavy atom. The molecule has 0 aliphatic carbocycles. The highest BCUT2D eigenvalue weighted by Gasteiger charge is 2.21. The van der Waals surface area contributed by atoms with Crippen molar-refractivity contribution in [2.24, 2.45) is 14.1 Å². The number of halogens is 2. The minimum Gasteiger partial charge on any atom is -0.344 e. The van der Waals surface area contributed by atoms with E-state index in [0.717, 1.165) is 11.0 Å². The van der Waals surface area contributed by atoms with Crippen molar-refractivity contribution in [3.63, 3.8) is 0 Å². The fourth-order valence-electron chi connectivity index (χ4n) is 3.63. The van der Waals surface area contributed by atoms with Crippen LogP contribution in [0.25, 0.3) is 22.2 Å². The molecule has 2 aromatic heterocycles. The number of hydrogen-bond acceptors (Lipinski definition) is 2.